The predicted molar refractivity (Wildman–Crippen MR) is 63.6 cm³/mol. The summed E-state index contributed by atoms with van der Waals surface area (Å²) in [5.41, 5.74) is 0. The van der Waals surface area contributed by atoms with Gasteiger partial charge in [-0.3, -0.25) is 0 Å². The second kappa shape index (κ2) is 5.14. The van der Waals surface area contributed by atoms with E-state index in [1.54, 1.807) is 0 Å². The van der Waals surface area contributed by atoms with Gasteiger partial charge in [0.15, 0.2) is 5.82 Å². The third-order valence-corrected chi connectivity index (χ3v) is 3.78. The number of aromatic nitrogens is 2. The largest absolute Gasteiger partial charge is 0.339 e. The van der Waals surface area contributed by atoms with Gasteiger partial charge in [0.25, 0.3) is 0 Å². The molecule has 3 heterocycles. The summed E-state index contributed by atoms with van der Waals surface area (Å²) in [5.74, 6) is 2.38. The SMILES string of the molecule is C1CNC(c2noc(CC3CCNCC3)n2)C1. The second-order valence-electron chi connectivity index (χ2n) is 5.09. The van der Waals surface area contributed by atoms with E-state index in [0.717, 1.165) is 44.2 Å². The highest BCUT2D eigenvalue weighted by molar-refractivity contribution is 4.97. The highest BCUT2D eigenvalue weighted by Crippen LogP contribution is 2.22. The fraction of sp³-hybridized carbons (Fsp3) is 0.833. The third-order valence-electron chi connectivity index (χ3n) is 3.78. The van der Waals surface area contributed by atoms with Crippen molar-refractivity contribution in [1.29, 1.82) is 0 Å². The van der Waals surface area contributed by atoms with Crippen LogP contribution in [0.15, 0.2) is 4.52 Å². The third kappa shape index (κ3) is 2.66. The van der Waals surface area contributed by atoms with Gasteiger partial charge in [-0.2, -0.15) is 4.98 Å². The van der Waals surface area contributed by atoms with Gasteiger partial charge in [0, 0.05) is 6.42 Å². The fourth-order valence-electron chi connectivity index (χ4n) is 2.73. The lowest BCUT2D eigenvalue weighted by Crippen LogP contribution is -2.28. The average Bonchev–Trinajstić information content (AvgIpc) is 3.00. The summed E-state index contributed by atoms with van der Waals surface area (Å²) in [5, 5.41) is 10.9. The van der Waals surface area contributed by atoms with Crippen molar-refractivity contribution in [3.63, 3.8) is 0 Å². The molecule has 1 atom stereocenters. The van der Waals surface area contributed by atoms with Crippen molar-refractivity contribution in [3.8, 4) is 0 Å². The zero-order valence-electron chi connectivity index (χ0n) is 10.1. The molecule has 2 aliphatic heterocycles. The van der Waals surface area contributed by atoms with Gasteiger partial charge in [-0.25, -0.2) is 0 Å². The molecule has 0 aromatic carbocycles. The van der Waals surface area contributed by atoms with E-state index in [1.807, 2.05) is 0 Å². The van der Waals surface area contributed by atoms with Gasteiger partial charge >= 0.3 is 0 Å². The minimum Gasteiger partial charge on any atom is -0.339 e. The molecule has 0 amide bonds. The molecule has 2 fully saturated rings. The van der Waals surface area contributed by atoms with Crippen molar-refractivity contribution in [2.45, 2.75) is 38.1 Å². The Balaban J connectivity index is 1.59. The summed E-state index contributed by atoms with van der Waals surface area (Å²) in [7, 11) is 0. The van der Waals surface area contributed by atoms with Crippen LogP contribution in [0.25, 0.3) is 0 Å². The molecule has 1 aromatic heterocycles. The minimum absolute atomic E-state index is 0.320. The lowest BCUT2D eigenvalue weighted by molar-refractivity contribution is 0.311. The van der Waals surface area contributed by atoms with Crippen LogP contribution in [0.5, 0.6) is 0 Å². The number of hydrogen-bond acceptors (Lipinski definition) is 5. The molecule has 1 unspecified atom stereocenters. The van der Waals surface area contributed by atoms with Gasteiger partial charge in [0.05, 0.1) is 6.04 Å². The second-order valence-corrected chi connectivity index (χ2v) is 5.09. The van der Waals surface area contributed by atoms with Crippen LogP contribution in [0.3, 0.4) is 0 Å². The van der Waals surface area contributed by atoms with E-state index in [9.17, 15) is 0 Å². The van der Waals surface area contributed by atoms with Crippen molar-refractivity contribution < 1.29 is 4.52 Å². The molecule has 2 aliphatic rings. The Kier molecular flexibility index (Phi) is 3.38. The van der Waals surface area contributed by atoms with Crippen molar-refractivity contribution in [1.82, 2.24) is 20.8 Å². The number of piperidine rings is 1. The molecule has 5 nitrogen and oxygen atoms in total. The number of nitrogens with one attached hydrogen (secondary N) is 2. The summed E-state index contributed by atoms with van der Waals surface area (Å²) >= 11 is 0. The molecule has 17 heavy (non-hydrogen) atoms. The molecule has 0 radical (unpaired) electrons. The lowest BCUT2D eigenvalue weighted by Gasteiger charge is -2.20. The Morgan fingerprint density at radius 1 is 1.18 bits per heavy atom. The first-order valence-electron chi connectivity index (χ1n) is 6.68. The Hall–Kier alpha value is -0.940. The maximum atomic E-state index is 5.36. The fourth-order valence-corrected chi connectivity index (χ4v) is 2.73. The van der Waals surface area contributed by atoms with Crippen molar-refractivity contribution >= 4 is 0 Å². The number of hydrogen-bond donors (Lipinski definition) is 2. The maximum absolute atomic E-state index is 5.36. The Labute approximate surface area is 101 Å². The van der Waals surface area contributed by atoms with E-state index >= 15 is 0 Å². The molecule has 5 heteroatoms. The highest BCUT2D eigenvalue weighted by atomic mass is 16.5. The van der Waals surface area contributed by atoms with Gasteiger partial charge in [-0.15, -0.1) is 0 Å². The van der Waals surface area contributed by atoms with Gasteiger partial charge in [-0.1, -0.05) is 5.16 Å². The molecule has 3 rings (SSSR count). The monoisotopic (exact) mass is 236 g/mol. The number of rotatable bonds is 3. The van der Waals surface area contributed by atoms with Crippen LogP contribution in [-0.4, -0.2) is 29.8 Å². The molecular formula is C12H20N4O. The molecule has 0 saturated carbocycles. The predicted octanol–water partition coefficient (Wildman–Crippen LogP) is 1.04. The summed E-state index contributed by atoms with van der Waals surface area (Å²) in [6, 6.07) is 0.320. The van der Waals surface area contributed by atoms with E-state index in [-0.39, 0.29) is 0 Å². The molecule has 0 bridgehead atoms. The van der Waals surface area contributed by atoms with Crippen LogP contribution < -0.4 is 10.6 Å². The summed E-state index contributed by atoms with van der Waals surface area (Å²) in [4.78, 5) is 4.53. The summed E-state index contributed by atoms with van der Waals surface area (Å²) < 4.78 is 5.36. The lowest BCUT2D eigenvalue weighted by atomic mass is 9.95. The summed E-state index contributed by atoms with van der Waals surface area (Å²) in [6.07, 6.45) is 5.73. The van der Waals surface area contributed by atoms with E-state index in [2.05, 4.69) is 20.8 Å². The Morgan fingerprint density at radius 3 is 2.82 bits per heavy atom. The van der Waals surface area contributed by atoms with Crippen molar-refractivity contribution in [2.24, 2.45) is 5.92 Å². The topological polar surface area (TPSA) is 63.0 Å². The molecule has 0 aliphatic carbocycles. The highest BCUT2D eigenvalue weighted by Gasteiger charge is 2.23. The molecule has 94 valence electrons. The van der Waals surface area contributed by atoms with Crippen LogP contribution in [0.1, 0.15) is 43.4 Å². The first kappa shape index (κ1) is 11.2. The van der Waals surface area contributed by atoms with Crippen LogP contribution in [0, 0.1) is 5.92 Å². The molecule has 2 N–H and O–H groups in total. The molecule has 0 spiro atoms. The van der Waals surface area contributed by atoms with Crippen LogP contribution in [0.4, 0.5) is 0 Å². The summed E-state index contributed by atoms with van der Waals surface area (Å²) in [6.45, 7) is 3.31. The zero-order chi connectivity index (χ0) is 11.5. The Morgan fingerprint density at radius 2 is 2.06 bits per heavy atom. The standard InChI is InChI=1S/C12H20N4O/c1-2-10(14-5-1)12-15-11(17-16-12)8-9-3-6-13-7-4-9/h9-10,13-14H,1-8H2. The molecule has 2 saturated heterocycles. The quantitative estimate of drug-likeness (QED) is 0.821. The van der Waals surface area contributed by atoms with Crippen LogP contribution in [-0.2, 0) is 6.42 Å². The van der Waals surface area contributed by atoms with Crippen LogP contribution >= 0.6 is 0 Å². The van der Waals surface area contributed by atoms with E-state index in [1.165, 1.54) is 19.3 Å². The minimum atomic E-state index is 0.320. The smallest absolute Gasteiger partial charge is 0.226 e. The van der Waals surface area contributed by atoms with Gasteiger partial charge < -0.3 is 15.2 Å². The first-order chi connectivity index (χ1) is 8.42. The molecular weight excluding hydrogens is 216 g/mol. The van der Waals surface area contributed by atoms with Crippen LogP contribution in [0.2, 0.25) is 0 Å². The first-order valence-corrected chi connectivity index (χ1v) is 6.68. The molecule has 1 aromatic rings. The normalized spacial score (nSPS) is 26.5. The zero-order valence-corrected chi connectivity index (χ0v) is 10.1. The Bertz CT molecular complexity index is 353. The number of nitrogens with zero attached hydrogens (tertiary/aromatic N) is 2. The van der Waals surface area contributed by atoms with Crippen molar-refractivity contribution in [3.05, 3.63) is 11.7 Å². The van der Waals surface area contributed by atoms with E-state index < -0.39 is 0 Å². The van der Waals surface area contributed by atoms with E-state index in [0.29, 0.717) is 12.0 Å². The van der Waals surface area contributed by atoms with Gasteiger partial charge in [0.1, 0.15) is 0 Å². The van der Waals surface area contributed by atoms with Crippen molar-refractivity contribution in [2.75, 3.05) is 19.6 Å². The van der Waals surface area contributed by atoms with Gasteiger partial charge in [0.2, 0.25) is 5.89 Å². The van der Waals surface area contributed by atoms with Gasteiger partial charge in [-0.05, 0) is 51.2 Å². The van der Waals surface area contributed by atoms with E-state index in [4.69, 9.17) is 4.52 Å². The maximum Gasteiger partial charge on any atom is 0.226 e. The average molecular weight is 236 g/mol.